The molecule has 1 aromatic carbocycles. The van der Waals surface area contributed by atoms with Gasteiger partial charge in [-0.1, -0.05) is 23.7 Å². The van der Waals surface area contributed by atoms with Gasteiger partial charge in [-0.25, -0.2) is 0 Å². The van der Waals surface area contributed by atoms with Crippen molar-refractivity contribution in [3.8, 4) is 0 Å². The van der Waals surface area contributed by atoms with Gasteiger partial charge in [0.25, 0.3) is 0 Å². The van der Waals surface area contributed by atoms with Gasteiger partial charge < -0.3 is 20.5 Å². The second-order valence-corrected chi connectivity index (χ2v) is 4.80. The van der Waals surface area contributed by atoms with Gasteiger partial charge in [-0.05, 0) is 17.7 Å². The summed E-state index contributed by atoms with van der Waals surface area (Å²) in [6.45, 7) is 1.94. The molecule has 1 rings (SSSR count). The number of amides is 1. The Bertz CT molecular complexity index is 398. The molecule has 112 valence electrons. The van der Waals surface area contributed by atoms with Crippen molar-refractivity contribution in [3.63, 3.8) is 0 Å². The van der Waals surface area contributed by atoms with E-state index < -0.39 is 6.10 Å². The van der Waals surface area contributed by atoms with Gasteiger partial charge in [-0.3, -0.25) is 4.79 Å². The normalized spacial score (nSPS) is 12.2. The van der Waals surface area contributed by atoms with Crippen LogP contribution in [0.25, 0.3) is 0 Å². The van der Waals surface area contributed by atoms with Crippen LogP contribution in [0.1, 0.15) is 18.1 Å². The predicted molar refractivity (Wildman–Crippen MR) is 78.8 cm³/mol. The van der Waals surface area contributed by atoms with E-state index in [1.54, 1.807) is 31.4 Å². The van der Waals surface area contributed by atoms with Gasteiger partial charge >= 0.3 is 0 Å². The first-order valence-electron chi connectivity index (χ1n) is 6.53. The number of aliphatic hydroxyl groups is 1. The van der Waals surface area contributed by atoms with E-state index in [0.29, 0.717) is 37.7 Å². The van der Waals surface area contributed by atoms with Crippen LogP contribution in [0.4, 0.5) is 0 Å². The number of ether oxygens (including phenoxy) is 1. The first-order valence-corrected chi connectivity index (χ1v) is 6.91. The van der Waals surface area contributed by atoms with Gasteiger partial charge in [0.1, 0.15) is 0 Å². The number of hydrogen-bond donors (Lipinski definition) is 3. The summed E-state index contributed by atoms with van der Waals surface area (Å²) in [6.07, 6.45) is -0.235. The molecular weight excluding hydrogens is 280 g/mol. The number of methoxy groups -OCH3 is 1. The van der Waals surface area contributed by atoms with Crippen LogP contribution in [0.5, 0.6) is 0 Å². The Kier molecular flexibility index (Phi) is 8.22. The zero-order chi connectivity index (χ0) is 14.8. The maximum absolute atomic E-state index is 11.4. The fourth-order valence-electron chi connectivity index (χ4n) is 1.62. The van der Waals surface area contributed by atoms with Crippen molar-refractivity contribution in [1.82, 2.24) is 10.6 Å². The maximum Gasteiger partial charge on any atom is 0.221 e. The lowest BCUT2D eigenvalue weighted by Crippen LogP contribution is -2.31. The summed E-state index contributed by atoms with van der Waals surface area (Å²) in [4.78, 5) is 11.4. The molecule has 0 aliphatic rings. The summed E-state index contributed by atoms with van der Waals surface area (Å²) in [7, 11) is 1.59. The summed E-state index contributed by atoms with van der Waals surface area (Å²) in [5.41, 5.74) is 0.798. The summed E-state index contributed by atoms with van der Waals surface area (Å²) in [6, 6.07) is 7.05. The van der Waals surface area contributed by atoms with Crippen molar-refractivity contribution in [1.29, 1.82) is 0 Å². The van der Waals surface area contributed by atoms with Crippen molar-refractivity contribution in [3.05, 3.63) is 34.9 Å². The van der Waals surface area contributed by atoms with Crippen molar-refractivity contribution in [2.24, 2.45) is 0 Å². The topological polar surface area (TPSA) is 70.6 Å². The first-order chi connectivity index (χ1) is 9.63. The molecule has 0 spiro atoms. The number of benzene rings is 1. The summed E-state index contributed by atoms with van der Waals surface area (Å²) in [5, 5.41) is 16.3. The van der Waals surface area contributed by atoms with Crippen LogP contribution in [0.3, 0.4) is 0 Å². The minimum absolute atomic E-state index is 0.0319. The molecule has 1 unspecified atom stereocenters. The molecule has 0 radical (unpaired) electrons. The molecule has 1 atom stereocenters. The van der Waals surface area contributed by atoms with Crippen molar-refractivity contribution in [2.45, 2.75) is 12.5 Å². The number of nitrogens with one attached hydrogen (secondary N) is 2. The molecule has 5 nitrogen and oxygen atoms in total. The fourth-order valence-corrected chi connectivity index (χ4v) is 1.75. The van der Waals surface area contributed by atoms with Crippen LogP contribution in [-0.4, -0.2) is 44.4 Å². The van der Waals surface area contributed by atoms with Crippen LogP contribution in [0.15, 0.2) is 24.3 Å². The van der Waals surface area contributed by atoms with E-state index in [4.69, 9.17) is 16.3 Å². The molecule has 0 aromatic heterocycles. The third-order valence-corrected chi connectivity index (χ3v) is 3.00. The average Bonchev–Trinajstić information content (AvgIpc) is 2.44. The first kappa shape index (κ1) is 16.9. The van der Waals surface area contributed by atoms with Crippen LogP contribution >= 0.6 is 11.6 Å². The average molecular weight is 301 g/mol. The molecule has 0 saturated carbocycles. The molecule has 1 aromatic rings. The van der Waals surface area contributed by atoms with E-state index in [1.807, 2.05) is 0 Å². The number of hydrogen-bond acceptors (Lipinski definition) is 4. The Labute approximate surface area is 124 Å². The van der Waals surface area contributed by atoms with Crippen LogP contribution in [0.2, 0.25) is 5.02 Å². The molecule has 20 heavy (non-hydrogen) atoms. The van der Waals surface area contributed by atoms with Crippen LogP contribution < -0.4 is 10.6 Å². The largest absolute Gasteiger partial charge is 0.387 e. The van der Waals surface area contributed by atoms with Gasteiger partial charge in [0, 0.05) is 38.2 Å². The highest BCUT2D eigenvalue weighted by molar-refractivity contribution is 6.30. The smallest absolute Gasteiger partial charge is 0.221 e. The van der Waals surface area contributed by atoms with Crippen molar-refractivity contribution in [2.75, 3.05) is 33.4 Å². The fraction of sp³-hybridized carbons (Fsp3) is 0.500. The highest BCUT2D eigenvalue weighted by Crippen LogP contribution is 2.15. The molecule has 6 heteroatoms. The minimum Gasteiger partial charge on any atom is -0.387 e. The van der Waals surface area contributed by atoms with Gasteiger partial charge in [0.05, 0.1) is 12.7 Å². The predicted octanol–water partition coefficient (Wildman–Crippen LogP) is 1.12. The zero-order valence-corrected chi connectivity index (χ0v) is 12.3. The Balaban J connectivity index is 2.14. The highest BCUT2D eigenvalue weighted by atomic mass is 35.5. The lowest BCUT2D eigenvalue weighted by molar-refractivity contribution is -0.121. The molecule has 0 aliphatic heterocycles. The van der Waals surface area contributed by atoms with Gasteiger partial charge in [0.2, 0.25) is 5.91 Å². The molecule has 0 fully saturated rings. The molecule has 0 aliphatic carbocycles. The third-order valence-electron chi connectivity index (χ3n) is 2.75. The van der Waals surface area contributed by atoms with Crippen molar-refractivity contribution < 1.29 is 14.6 Å². The Hall–Kier alpha value is -1.14. The van der Waals surface area contributed by atoms with E-state index in [0.717, 1.165) is 5.56 Å². The van der Waals surface area contributed by atoms with E-state index >= 15 is 0 Å². The maximum atomic E-state index is 11.4. The van der Waals surface area contributed by atoms with Gasteiger partial charge in [0.15, 0.2) is 0 Å². The lowest BCUT2D eigenvalue weighted by Gasteiger charge is -2.12. The summed E-state index contributed by atoms with van der Waals surface area (Å²) < 4.78 is 4.83. The van der Waals surface area contributed by atoms with Crippen molar-refractivity contribution >= 4 is 17.5 Å². The van der Waals surface area contributed by atoms with E-state index in [-0.39, 0.29) is 5.91 Å². The highest BCUT2D eigenvalue weighted by Gasteiger charge is 2.07. The molecule has 0 heterocycles. The number of halogens is 1. The number of carbonyl (C=O) groups excluding carboxylic acids is 1. The molecule has 0 saturated heterocycles. The summed E-state index contributed by atoms with van der Waals surface area (Å²) >= 11 is 5.78. The second-order valence-electron chi connectivity index (χ2n) is 4.36. The lowest BCUT2D eigenvalue weighted by atomic mass is 10.1. The quantitative estimate of drug-likeness (QED) is 0.598. The molecule has 1 amide bonds. The Morgan fingerprint density at radius 1 is 1.35 bits per heavy atom. The minimum atomic E-state index is -0.608. The van der Waals surface area contributed by atoms with E-state index in [1.165, 1.54) is 0 Å². The van der Waals surface area contributed by atoms with E-state index in [9.17, 15) is 9.90 Å². The van der Waals surface area contributed by atoms with Crippen LogP contribution in [0, 0.1) is 0 Å². The monoisotopic (exact) mass is 300 g/mol. The standard InChI is InChI=1S/C14H21ClN2O3/c1-20-9-8-17-14(19)6-7-16-10-13(18)11-2-4-12(15)5-3-11/h2-5,13,16,18H,6-10H2,1H3,(H,17,19). The molecule has 0 bridgehead atoms. The van der Waals surface area contributed by atoms with Gasteiger partial charge in [-0.2, -0.15) is 0 Å². The zero-order valence-electron chi connectivity index (χ0n) is 11.6. The third kappa shape index (κ3) is 6.86. The second kappa shape index (κ2) is 9.72. The van der Waals surface area contributed by atoms with Crippen LogP contribution in [-0.2, 0) is 9.53 Å². The number of carbonyl (C=O) groups is 1. The van der Waals surface area contributed by atoms with E-state index in [2.05, 4.69) is 10.6 Å². The Morgan fingerprint density at radius 2 is 2.05 bits per heavy atom. The van der Waals surface area contributed by atoms with Gasteiger partial charge in [-0.15, -0.1) is 0 Å². The molecular formula is C14H21ClN2O3. The number of rotatable bonds is 9. The summed E-state index contributed by atoms with van der Waals surface area (Å²) in [5.74, 6) is -0.0319. The molecule has 3 N–H and O–H groups in total. The Morgan fingerprint density at radius 3 is 2.70 bits per heavy atom. The number of aliphatic hydroxyl groups excluding tert-OH is 1. The SMILES string of the molecule is COCCNC(=O)CCNCC(O)c1ccc(Cl)cc1.